The fourth-order valence-corrected chi connectivity index (χ4v) is 2.72. The van der Waals surface area contributed by atoms with Crippen molar-refractivity contribution in [1.29, 1.82) is 0 Å². The van der Waals surface area contributed by atoms with E-state index in [4.69, 9.17) is 5.73 Å². The first-order chi connectivity index (χ1) is 11.0. The number of ketones is 1. The first kappa shape index (κ1) is 15.1. The van der Waals surface area contributed by atoms with Gasteiger partial charge in [0.2, 0.25) is 5.78 Å². The van der Waals surface area contributed by atoms with Crippen LogP contribution in [0.1, 0.15) is 32.9 Å². The van der Waals surface area contributed by atoms with Gasteiger partial charge in [-0.15, -0.1) is 0 Å². The summed E-state index contributed by atoms with van der Waals surface area (Å²) in [5.74, 6) is 0.0475. The Balaban J connectivity index is 1.87. The zero-order valence-electron chi connectivity index (χ0n) is 13.4. The molecular weight excluding hydrogens is 284 g/mol. The van der Waals surface area contributed by atoms with Crippen molar-refractivity contribution >= 4 is 11.5 Å². The molecule has 0 aliphatic carbocycles. The first-order valence-corrected chi connectivity index (χ1v) is 7.65. The van der Waals surface area contributed by atoms with Crippen molar-refractivity contribution in [3.8, 4) is 0 Å². The quantitative estimate of drug-likeness (QED) is 0.589. The van der Waals surface area contributed by atoms with Gasteiger partial charge in [-0.05, 0) is 36.8 Å². The second-order valence-corrected chi connectivity index (χ2v) is 5.89. The first-order valence-electron chi connectivity index (χ1n) is 7.65. The average molecular weight is 304 g/mol. The highest BCUT2D eigenvalue weighted by Gasteiger charge is 2.14. The number of nitrogens with two attached hydrogens (primary N) is 1. The summed E-state index contributed by atoms with van der Waals surface area (Å²) in [5, 5.41) is 0. The third kappa shape index (κ3) is 3.19. The smallest absolute Gasteiger partial charge is 0.209 e. The van der Waals surface area contributed by atoms with Crippen LogP contribution in [0.2, 0.25) is 0 Å². The van der Waals surface area contributed by atoms with Crippen LogP contribution in [0.15, 0.2) is 60.7 Å². The molecule has 0 atom stereocenters. The lowest BCUT2D eigenvalue weighted by molar-refractivity contribution is 0.103. The van der Waals surface area contributed by atoms with Gasteiger partial charge < -0.3 is 10.3 Å². The summed E-state index contributed by atoms with van der Waals surface area (Å²) in [6, 6.07) is 19.4. The number of aromatic nitrogens is 1. The molecule has 116 valence electrons. The van der Waals surface area contributed by atoms with Crippen molar-refractivity contribution < 1.29 is 4.79 Å². The van der Waals surface area contributed by atoms with Crippen LogP contribution in [-0.2, 0) is 13.5 Å². The molecule has 2 N–H and O–H groups in total. The molecule has 0 radical (unpaired) electrons. The van der Waals surface area contributed by atoms with Gasteiger partial charge in [0.15, 0.2) is 0 Å². The Kier molecular flexibility index (Phi) is 4.02. The Morgan fingerprint density at radius 1 is 1.04 bits per heavy atom. The number of carbonyl (C=O) groups is 1. The van der Waals surface area contributed by atoms with Crippen LogP contribution in [0.5, 0.6) is 0 Å². The van der Waals surface area contributed by atoms with E-state index in [2.05, 4.69) is 0 Å². The number of benzene rings is 2. The molecule has 3 rings (SSSR count). The van der Waals surface area contributed by atoms with Gasteiger partial charge in [-0.2, -0.15) is 0 Å². The van der Waals surface area contributed by atoms with Crippen molar-refractivity contribution in [2.24, 2.45) is 7.05 Å². The molecule has 0 spiro atoms. The number of rotatable bonds is 4. The number of hydrogen-bond donors (Lipinski definition) is 1. The van der Waals surface area contributed by atoms with E-state index in [1.165, 1.54) is 0 Å². The van der Waals surface area contributed by atoms with Crippen LogP contribution in [0, 0.1) is 6.92 Å². The highest BCUT2D eigenvalue weighted by Crippen LogP contribution is 2.17. The van der Waals surface area contributed by atoms with Gasteiger partial charge in [0.05, 0.1) is 5.69 Å². The summed E-state index contributed by atoms with van der Waals surface area (Å²) in [7, 11) is 1.93. The minimum Gasteiger partial charge on any atom is -0.399 e. The molecule has 0 bridgehead atoms. The van der Waals surface area contributed by atoms with Crippen molar-refractivity contribution in [3.63, 3.8) is 0 Å². The van der Waals surface area contributed by atoms with Gasteiger partial charge in [-0.3, -0.25) is 4.79 Å². The molecule has 1 aromatic heterocycles. The summed E-state index contributed by atoms with van der Waals surface area (Å²) in [4.78, 5) is 12.7. The largest absolute Gasteiger partial charge is 0.399 e. The lowest BCUT2D eigenvalue weighted by Gasteiger charge is -2.08. The second-order valence-electron chi connectivity index (χ2n) is 5.89. The number of nitrogens with zero attached hydrogens (tertiary/aromatic N) is 1. The van der Waals surface area contributed by atoms with Crippen LogP contribution in [-0.4, -0.2) is 10.4 Å². The van der Waals surface area contributed by atoms with E-state index in [-0.39, 0.29) is 5.78 Å². The average Bonchev–Trinajstić information content (AvgIpc) is 2.88. The van der Waals surface area contributed by atoms with Crippen LogP contribution in [0.25, 0.3) is 0 Å². The number of hydrogen-bond acceptors (Lipinski definition) is 2. The Morgan fingerprint density at radius 2 is 1.78 bits per heavy atom. The van der Waals surface area contributed by atoms with Gasteiger partial charge in [0.25, 0.3) is 0 Å². The van der Waals surface area contributed by atoms with E-state index in [1.807, 2.05) is 79.2 Å². The monoisotopic (exact) mass is 304 g/mol. The normalized spacial score (nSPS) is 10.7. The predicted molar refractivity (Wildman–Crippen MR) is 93.7 cm³/mol. The Morgan fingerprint density at radius 3 is 2.48 bits per heavy atom. The topological polar surface area (TPSA) is 48.0 Å². The van der Waals surface area contributed by atoms with Crippen molar-refractivity contribution in [3.05, 3.63) is 88.7 Å². The van der Waals surface area contributed by atoms with E-state index in [1.54, 1.807) is 0 Å². The Bertz CT molecular complexity index is 844. The Hall–Kier alpha value is -2.81. The number of nitrogen functional groups attached to an aromatic ring is 1. The molecule has 23 heavy (non-hydrogen) atoms. The fraction of sp³-hybridized carbons (Fsp3) is 0.150. The highest BCUT2D eigenvalue weighted by atomic mass is 16.1. The maximum Gasteiger partial charge on any atom is 0.209 e. The van der Waals surface area contributed by atoms with Gasteiger partial charge in [0.1, 0.15) is 0 Å². The minimum absolute atomic E-state index is 0.0475. The van der Waals surface area contributed by atoms with Gasteiger partial charge >= 0.3 is 0 Å². The molecule has 0 fully saturated rings. The number of aryl methyl sites for hydroxylation is 1. The molecule has 1 heterocycles. The lowest BCUT2D eigenvalue weighted by Crippen LogP contribution is -2.09. The number of carbonyl (C=O) groups excluding carboxylic acids is 1. The number of anilines is 1. The van der Waals surface area contributed by atoms with Crippen molar-refractivity contribution in [2.75, 3.05) is 5.73 Å². The summed E-state index contributed by atoms with van der Waals surface area (Å²) in [5.41, 5.74) is 11.4. The second kappa shape index (κ2) is 6.13. The molecule has 0 aliphatic rings. The molecule has 3 heteroatoms. The van der Waals surface area contributed by atoms with Crippen molar-refractivity contribution in [2.45, 2.75) is 13.3 Å². The summed E-state index contributed by atoms with van der Waals surface area (Å²) >= 11 is 0. The van der Waals surface area contributed by atoms with Gasteiger partial charge in [-0.25, -0.2) is 0 Å². The van der Waals surface area contributed by atoms with E-state index < -0.39 is 0 Å². The zero-order valence-corrected chi connectivity index (χ0v) is 13.4. The van der Waals surface area contributed by atoms with Crippen LogP contribution in [0.3, 0.4) is 0 Å². The summed E-state index contributed by atoms with van der Waals surface area (Å²) in [6.45, 7) is 2.01. The lowest BCUT2D eigenvalue weighted by atomic mass is 10.1. The molecule has 0 saturated carbocycles. The zero-order chi connectivity index (χ0) is 16.4. The van der Waals surface area contributed by atoms with E-state index >= 15 is 0 Å². The molecular formula is C20H20N2O. The standard InChI is InChI=1S/C20H20N2O/c1-14-6-8-16(9-7-14)20(23)19-11-10-18(22(19)2)13-15-4-3-5-17(21)12-15/h3-12H,13,21H2,1-2H3. The maximum atomic E-state index is 12.7. The third-order valence-corrected chi connectivity index (χ3v) is 4.11. The Labute approximate surface area is 136 Å². The maximum absolute atomic E-state index is 12.7. The molecule has 3 nitrogen and oxygen atoms in total. The van der Waals surface area contributed by atoms with Gasteiger partial charge in [0, 0.05) is 30.4 Å². The predicted octanol–water partition coefficient (Wildman–Crippen LogP) is 3.74. The van der Waals surface area contributed by atoms with Crippen molar-refractivity contribution in [1.82, 2.24) is 4.57 Å². The molecule has 3 aromatic rings. The summed E-state index contributed by atoms with van der Waals surface area (Å²) < 4.78 is 1.96. The molecule has 0 saturated heterocycles. The molecule has 2 aromatic carbocycles. The minimum atomic E-state index is 0.0475. The van der Waals surface area contributed by atoms with Gasteiger partial charge in [-0.1, -0.05) is 42.0 Å². The summed E-state index contributed by atoms with van der Waals surface area (Å²) in [6.07, 6.45) is 0.753. The molecule has 0 aliphatic heterocycles. The molecule has 0 amide bonds. The SMILES string of the molecule is Cc1ccc(C(=O)c2ccc(Cc3cccc(N)c3)n2C)cc1. The van der Waals surface area contributed by atoms with Crippen LogP contribution < -0.4 is 5.73 Å². The molecule has 0 unspecified atom stereocenters. The van der Waals surface area contributed by atoms with E-state index in [0.717, 1.165) is 28.9 Å². The van der Waals surface area contributed by atoms with E-state index in [9.17, 15) is 4.79 Å². The van der Waals surface area contributed by atoms with E-state index in [0.29, 0.717) is 11.3 Å². The van der Waals surface area contributed by atoms with Crippen LogP contribution in [0.4, 0.5) is 5.69 Å². The van der Waals surface area contributed by atoms with Crippen LogP contribution >= 0.6 is 0 Å². The highest BCUT2D eigenvalue weighted by molar-refractivity contribution is 6.08. The fourth-order valence-electron chi connectivity index (χ4n) is 2.72. The third-order valence-electron chi connectivity index (χ3n) is 4.11.